The molecule has 3 atom stereocenters. The van der Waals surface area contributed by atoms with Gasteiger partial charge in [-0.05, 0) is 5.92 Å². The fraction of sp³-hybridized carbons (Fsp3) is 0.727. The van der Waals surface area contributed by atoms with Crippen LogP contribution in [0.2, 0.25) is 0 Å². The number of rotatable bonds is 6. The first-order valence-corrected chi connectivity index (χ1v) is 5.51. The minimum absolute atomic E-state index is 0.135. The first kappa shape index (κ1) is 15.4. The highest BCUT2D eigenvalue weighted by Crippen LogP contribution is 2.12. The molecule has 0 aliphatic carbocycles. The van der Waals surface area contributed by atoms with Gasteiger partial charge in [-0.25, -0.2) is 0 Å². The molecule has 2 amide bonds. The minimum Gasteiger partial charge on any atom is -0.481 e. The number of hydrogen-bond acceptors (Lipinski definition) is 3. The third-order valence-electron chi connectivity index (χ3n) is 2.82. The van der Waals surface area contributed by atoms with Gasteiger partial charge in [0.05, 0.1) is 5.92 Å². The van der Waals surface area contributed by atoms with E-state index in [1.807, 2.05) is 0 Å². The standard InChI is InChI=1S/C11H20N2O4/c1-5(2)8(9(12)14)13-10(15)6(3)7(4)11(16)17/h5-8H,1-4H3,(H2,12,14)(H,13,15)(H,16,17). The Bertz CT molecular complexity index is 315. The summed E-state index contributed by atoms with van der Waals surface area (Å²) in [5.74, 6) is -3.80. The van der Waals surface area contributed by atoms with Crippen molar-refractivity contribution >= 4 is 17.8 Å². The van der Waals surface area contributed by atoms with E-state index < -0.39 is 35.7 Å². The molecule has 0 aromatic rings. The van der Waals surface area contributed by atoms with E-state index >= 15 is 0 Å². The van der Waals surface area contributed by atoms with Crippen molar-refractivity contribution in [2.24, 2.45) is 23.5 Å². The van der Waals surface area contributed by atoms with Crippen LogP contribution in [0.4, 0.5) is 0 Å². The molecule has 0 bridgehead atoms. The molecule has 0 rings (SSSR count). The van der Waals surface area contributed by atoms with Gasteiger partial charge in [0.25, 0.3) is 0 Å². The summed E-state index contributed by atoms with van der Waals surface area (Å²) in [6.07, 6.45) is 0. The molecule has 0 aliphatic rings. The number of primary amides is 1. The molecule has 4 N–H and O–H groups in total. The average Bonchev–Trinajstić information content (AvgIpc) is 2.22. The second kappa shape index (κ2) is 6.22. The summed E-state index contributed by atoms with van der Waals surface area (Å²) in [6.45, 7) is 6.45. The topological polar surface area (TPSA) is 109 Å². The lowest BCUT2D eigenvalue weighted by molar-refractivity contribution is -0.146. The van der Waals surface area contributed by atoms with Crippen LogP contribution < -0.4 is 11.1 Å². The second-order valence-electron chi connectivity index (χ2n) is 4.55. The Balaban J connectivity index is 4.62. The maximum Gasteiger partial charge on any atom is 0.307 e. The van der Waals surface area contributed by atoms with Gasteiger partial charge >= 0.3 is 5.97 Å². The fourth-order valence-corrected chi connectivity index (χ4v) is 1.29. The molecule has 0 aromatic carbocycles. The molecule has 17 heavy (non-hydrogen) atoms. The zero-order chi connectivity index (χ0) is 13.7. The first-order valence-electron chi connectivity index (χ1n) is 5.51. The molecular formula is C11H20N2O4. The highest BCUT2D eigenvalue weighted by molar-refractivity contribution is 5.89. The van der Waals surface area contributed by atoms with Crippen LogP contribution >= 0.6 is 0 Å². The van der Waals surface area contributed by atoms with Crippen molar-refractivity contribution in [3.63, 3.8) is 0 Å². The average molecular weight is 244 g/mol. The highest BCUT2D eigenvalue weighted by atomic mass is 16.4. The third kappa shape index (κ3) is 4.42. The van der Waals surface area contributed by atoms with E-state index in [1.165, 1.54) is 13.8 Å². The number of aliphatic carboxylic acids is 1. The summed E-state index contributed by atoms with van der Waals surface area (Å²) < 4.78 is 0. The van der Waals surface area contributed by atoms with Crippen molar-refractivity contribution in [2.45, 2.75) is 33.7 Å². The third-order valence-corrected chi connectivity index (χ3v) is 2.82. The summed E-state index contributed by atoms with van der Waals surface area (Å²) in [7, 11) is 0. The number of hydrogen-bond donors (Lipinski definition) is 3. The molecular weight excluding hydrogens is 224 g/mol. The SMILES string of the molecule is CC(C)C(NC(=O)C(C)C(C)C(=O)O)C(N)=O. The fourth-order valence-electron chi connectivity index (χ4n) is 1.29. The second-order valence-corrected chi connectivity index (χ2v) is 4.55. The Hall–Kier alpha value is -1.59. The van der Waals surface area contributed by atoms with Crippen molar-refractivity contribution in [3.05, 3.63) is 0 Å². The van der Waals surface area contributed by atoms with Crippen LogP contribution in [0.25, 0.3) is 0 Å². The van der Waals surface area contributed by atoms with Gasteiger partial charge in [-0.15, -0.1) is 0 Å². The molecule has 0 saturated heterocycles. The quantitative estimate of drug-likeness (QED) is 0.609. The van der Waals surface area contributed by atoms with E-state index in [-0.39, 0.29) is 5.92 Å². The molecule has 6 nitrogen and oxygen atoms in total. The molecule has 0 heterocycles. The van der Waals surface area contributed by atoms with Gasteiger partial charge in [0.1, 0.15) is 6.04 Å². The zero-order valence-corrected chi connectivity index (χ0v) is 10.6. The Morgan fingerprint density at radius 3 is 1.82 bits per heavy atom. The van der Waals surface area contributed by atoms with Crippen molar-refractivity contribution in [1.82, 2.24) is 5.32 Å². The van der Waals surface area contributed by atoms with Crippen molar-refractivity contribution in [3.8, 4) is 0 Å². The molecule has 6 heteroatoms. The zero-order valence-electron chi connectivity index (χ0n) is 10.6. The number of amides is 2. The normalized spacial score (nSPS) is 16.1. The minimum atomic E-state index is -1.05. The van der Waals surface area contributed by atoms with E-state index in [0.717, 1.165) is 0 Å². The Morgan fingerprint density at radius 2 is 1.53 bits per heavy atom. The maximum atomic E-state index is 11.7. The van der Waals surface area contributed by atoms with Crippen LogP contribution in [0.1, 0.15) is 27.7 Å². The van der Waals surface area contributed by atoms with Crippen LogP contribution in [-0.2, 0) is 14.4 Å². The molecule has 0 radical (unpaired) electrons. The molecule has 0 aromatic heterocycles. The Morgan fingerprint density at radius 1 is 1.06 bits per heavy atom. The monoisotopic (exact) mass is 244 g/mol. The molecule has 3 unspecified atom stereocenters. The van der Waals surface area contributed by atoms with E-state index in [9.17, 15) is 14.4 Å². The summed E-state index contributed by atoms with van der Waals surface area (Å²) >= 11 is 0. The van der Waals surface area contributed by atoms with Crippen molar-refractivity contribution in [2.75, 3.05) is 0 Å². The largest absolute Gasteiger partial charge is 0.481 e. The van der Waals surface area contributed by atoms with Gasteiger partial charge < -0.3 is 16.2 Å². The van der Waals surface area contributed by atoms with Crippen LogP contribution in [0.15, 0.2) is 0 Å². The van der Waals surface area contributed by atoms with Gasteiger partial charge in [0.2, 0.25) is 11.8 Å². The van der Waals surface area contributed by atoms with Crippen LogP contribution in [0, 0.1) is 17.8 Å². The van der Waals surface area contributed by atoms with E-state index in [2.05, 4.69) is 5.32 Å². The number of carboxylic acid groups (broad SMARTS) is 1. The lowest BCUT2D eigenvalue weighted by Gasteiger charge is -2.22. The van der Waals surface area contributed by atoms with Crippen molar-refractivity contribution in [1.29, 1.82) is 0 Å². The smallest absolute Gasteiger partial charge is 0.307 e. The van der Waals surface area contributed by atoms with Gasteiger partial charge in [-0.1, -0.05) is 27.7 Å². The van der Waals surface area contributed by atoms with Gasteiger partial charge in [0, 0.05) is 5.92 Å². The predicted molar refractivity (Wildman–Crippen MR) is 61.9 cm³/mol. The predicted octanol–water partition coefficient (Wildman–Crippen LogP) is -0.0307. The summed E-state index contributed by atoms with van der Waals surface area (Å²) in [6, 6.07) is -0.772. The maximum absolute atomic E-state index is 11.7. The van der Waals surface area contributed by atoms with Crippen LogP contribution in [0.5, 0.6) is 0 Å². The first-order chi connectivity index (χ1) is 7.68. The van der Waals surface area contributed by atoms with Crippen LogP contribution in [0.3, 0.4) is 0 Å². The number of carboxylic acids is 1. The Labute approximate surface area is 101 Å². The number of nitrogens with two attached hydrogens (primary N) is 1. The van der Waals surface area contributed by atoms with E-state index in [1.54, 1.807) is 13.8 Å². The molecule has 0 spiro atoms. The molecule has 98 valence electrons. The van der Waals surface area contributed by atoms with Crippen molar-refractivity contribution < 1.29 is 19.5 Å². The lowest BCUT2D eigenvalue weighted by atomic mass is 9.94. The molecule has 0 saturated carbocycles. The van der Waals surface area contributed by atoms with Crippen LogP contribution in [-0.4, -0.2) is 28.9 Å². The summed E-state index contributed by atoms with van der Waals surface area (Å²) in [5.41, 5.74) is 5.15. The molecule has 0 aliphatic heterocycles. The number of carbonyl (C=O) groups is 3. The Kier molecular flexibility index (Phi) is 5.64. The van der Waals surface area contributed by atoms with Gasteiger partial charge in [0.15, 0.2) is 0 Å². The van der Waals surface area contributed by atoms with Gasteiger partial charge in [-0.3, -0.25) is 14.4 Å². The van der Waals surface area contributed by atoms with Gasteiger partial charge in [-0.2, -0.15) is 0 Å². The summed E-state index contributed by atoms with van der Waals surface area (Å²) in [4.78, 5) is 33.5. The van der Waals surface area contributed by atoms with E-state index in [4.69, 9.17) is 10.8 Å². The number of carbonyl (C=O) groups excluding carboxylic acids is 2. The van der Waals surface area contributed by atoms with E-state index in [0.29, 0.717) is 0 Å². The highest BCUT2D eigenvalue weighted by Gasteiger charge is 2.29. The number of nitrogens with one attached hydrogen (secondary N) is 1. The summed E-state index contributed by atoms with van der Waals surface area (Å²) in [5, 5.41) is 11.3. The lowest BCUT2D eigenvalue weighted by Crippen LogP contribution is -2.50. The molecule has 0 fully saturated rings.